The highest BCUT2D eigenvalue weighted by molar-refractivity contribution is 6.32. The van der Waals surface area contributed by atoms with Crippen LogP contribution in [0.3, 0.4) is 0 Å². The maximum Gasteiger partial charge on any atom is 0.168 e. The Morgan fingerprint density at radius 2 is 0.542 bits per heavy atom. The molecule has 0 spiro atoms. The van der Waals surface area contributed by atoms with Gasteiger partial charge in [-0.2, -0.15) is 0 Å². The van der Waals surface area contributed by atoms with Gasteiger partial charge in [-0.05, 0) is 0 Å². The first-order chi connectivity index (χ1) is 11.1. The number of benzene rings is 3. The molecule has 0 aliphatic heterocycles. The molecule has 3 aromatic carbocycles. The number of phenols is 2. The van der Waals surface area contributed by atoms with Crippen molar-refractivity contribution >= 4 is 67.0 Å². The summed E-state index contributed by atoms with van der Waals surface area (Å²) < 4.78 is 0. The van der Waals surface area contributed by atoms with E-state index in [0.717, 1.165) is 0 Å². The van der Waals surface area contributed by atoms with Gasteiger partial charge in [-0.3, -0.25) is 0 Å². The number of nitrogen functional groups attached to an aromatic ring is 8. The normalized spacial score (nSPS) is 11.3. The lowest BCUT2D eigenvalue weighted by molar-refractivity contribution is 0.413. The van der Waals surface area contributed by atoms with Gasteiger partial charge in [0.25, 0.3) is 0 Å². The van der Waals surface area contributed by atoms with Crippen molar-refractivity contribution in [3.05, 3.63) is 0 Å². The lowest BCUT2D eigenvalue weighted by Gasteiger charge is -2.20. The van der Waals surface area contributed by atoms with Gasteiger partial charge in [-0.25, -0.2) is 0 Å². The van der Waals surface area contributed by atoms with Crippen molar-refractivity contribution in [2.45, 2.75) is 0 Å². The van der Waals surface area contributed by atoms with Crippen LogP contribution in [0.5, 0.6) is 11.5 Å². The molecule has 0 heterocycles. The lowest BCUT2D eigenvalue weighted by Crippen LogP contribution is -2.08. The molecule has 0 aliphatic rings. The van der Waals surface area contributed by atoms with Crippen LogP contribution in [0, 0.1) is 0 Å². The summed E-state index contributed by atoms with van der Waals surface area (Å²) in [6.07, 6.45) is 0. The average Bonchev–Trinajstić information content (AvgIpc) is 2.56. The van der Waals surface area contributed by atoms with Crippen LogP contribution in [0.2, 0.25) is 0 Å². The van der Waals surface area contributed by atoms with Gasteiger partial charge in [-0.1, -0.05) is 0 Å². The van der Waals surface area contributed by atoms with Gasteiger partial charge in [0, 0.05) is 10.8 Å². The van der Waals surface area contributed by atoms with E-state index in [2.05, 4.69) is 0 Å². The molecule has 18 N–H and O–H groups in total. The third-order valence-electron chi connectivity index (χ3n) is 4.27. The summed E-state index contributed by atoms with van der Waals surface area (Å²) in [7, 11) is 0. The van der Waals surface area contributed by atoms with E-state index in [4.69, 9.17) is 45.9 Å². The zero-order valence-corrected chi connectivity index (χ0v) is 12.5. The fraction of sp³-hybridized carbons (Fsp3) is 0. The van der Waals surface area contributed by atoms with Crippen LogP contribution in [0.1, 0.15) is 0 Å². The number of hydrogen-bond donors (Lipinski definition) is 10. The molecule has 10 heteroatoms. The van der Waals surface area contributed by atoms with E-state index < -0.39 is 11.5 Å². The maximum atomic E-state index is 10.4. The SMILES string of the molecule is Nc1c(N)c(N)c2c(c1N)c(O)c(O)c1c(N)c(N)c(N)c(N)c12. The first-order valence-electron chi connectivity index (χ1n) is 6.76. The van der Waals surface area contributed by atoms with Gasteiger partial charge < -0.3 is 56.1 Å². The van der Waals surface area contributed by atoms with E-state index in [-0.39, 0.29) is 67.0 Å². The highest BCUT2D eigenvalue weighted by atomic mass is 16.3. The summed E-state index contributed by atoms with van der Waals surface area (Å²) >= 11 is 0. The Balaban J connectivity index is 2.87. The van der Waals surface area contributed by atoms with Crippen molar-refractivity contribution in [1.29, 1.82) is 0 Å². The molecule has 0 aromatic heterocycles. The highest BCUT2D eigenvalue weighted by Crippen LogP contribution is 2.55. The van der Waals surface area contributed by atoms with E-state index in [1.807, 2.05) is 0 Å². The van der Waals surface area contributed by atoms with Crippen LogP contribution in [0.15, 0.2) is 0 Å². The third-order valence-corrected chi connectivity index (χ3v) is 4.27. The van der Waals surface area contributed by atoms with Crippen LogP contribution >= 0.6 is 0 Å². The summed E-state index contributed by atoms with van der Waals surface area (Å²) in [4.78, 5) is 0. The molecule has 0 unspecified atom stereocenters. The molecule has 3 aromatic rings. The fourth-order valence-corrected chi connectivity index (χ4v) is 2.91. The van der Waals surface area contributed by atoms with Crippen molar-refractivity contribution < 1.29 is 10.2 Å². The minimum atomic E-state index is -0.566. The van der Waals surface area contributed by atoms with Gasteiger partial charge in [-0.15, -0.1) is 0 Å². The second-order valence-electron chi connectivity index (χ2n) is 5.51. The van der Waals surface area contributed by atoms with E-state index in [9.17, 15) is 10.2 Å². The quantitative estimate of drug-likeness (QED) is 0.151. The second-order valence-corrected chi connectivity index (χ2v) is 5.51. The minimum absolute atomic E-state index is 0.000489. The van der Waals surface area contributed by atoms with Crippen molar-refractivity contribution in [3.8, 4) is 11.5 Å². The van der Waals surface area contributed by atoms with Crippen LogP contribution in [-0.4, -0.2) is 10.2 Å². The molecule has 126 valence electrons. The third kappa shape index (κ3) is 1.48. The van der Waals surface area contributed by atoms with Crippen LogP contribution < -0.4 is 45.9 Å². The number of aromatic hydroxyl groups is 2. The Kier molecular flexibility index (Phi) is 2.73. The molecule has 0 saturated heterocycles. The lowest BCUT2D eigenvalue weighted by atomic mass is 9.92. The summed E-state index contributed by atoms with van der Waals surface area (Å²) in [6, 6.07) is 0. The van der Waals surface area contributed by atoms with Crippen LogP contribution in [0.4, 0.5) is 45.5 Å². The molecular weight excluding hydrogens is 312 g/mol. The van der Waals surface area contributed by atoms with Crippen molar-refractivity contribution in [3.63, 3.8) is 0 Å². The van der Waals surface area contributed by atoms with Gasteiger partial charge in [0.1, 0.15) is 0 Å². The predicted molar refractivity (Wildman–Crippen MR) is 100 cm³/mol. The molecule has 0 radical (unpaired) electrons. The topological polar surface area (TPSA) is 249 Å². The second kappa shape index (κ2) is 4.35. The van der Waals surface area contributed by atoms with Crippen LogP contribution in [0.25, 0.3) is 21.5 Å². The standard InChI is InChI=1S/C14H18N8O2/c15-5-1-2-4(8(18)12(22)10(20)6(2)16)14(24)13(23)3(1)7(17)11(21)9(5)19/h23-24H,15-22H2. The van der Waals surface area contributed by atoms with E-state index >= 15 is 0 Å². The molecule has 0 saturated carbocycles. The molecule has 24 heavy (non-hydrogen) atoms. The molecule has 0 aliphatic carbocycles. The Labute approximate surface area is 135 Å². The predicted octanol–water partition coefficient (Wildman–Crippen LogP) is 0.0618. The first kappa shape index (κ1) is 15.1. The Hall–Kier alpha value is -3.82. The smallest absolute Gasteiger partial charge is 0.168 e. The first-order valence-corrected chi connectivity index (χ1v) is 6.76. The number of anilines is 8. The Morgan fingerprint density at radius 3 is 0.792 bits per heavy atom. The summed E-state index contributed by atoms with van der Waals surface area (Å²) in [5, 5.41) is 21.2. The largest absolute Gasteiger partial charge is 0.504 e. The zero-order chi connectivity index (χ0) is 18.1. The van der Waals surface area contributed by atoms with Gasteiger partial charge in [0.15, 0.2) is 11.5 Å². The monoisotopic (exact) mass is 330 g/mol. The maximum absolute atomic E-state index is 10.4. The number of nitrogens with two attached hydrogens (primary N) is 8. The molecular formula is C14H18N8O2. The molecule has 0 amide bonds. The van der Waals surface area contributed by atoms with Gasteiger partial charge in [0.05, 0.1) is 56.3 Å². The van der Waals surface area contributed by atoms with Crippen LogP contribution in [-0.2, 0) is 0 Å². The van der Waals surface area contributed by atoms with Gasteiger partial charge >= 0.3 is 0 Å². The fourth-order valence-electron chi connectivity index (χ4n) is 2.91. The number of rotatable bonds is 0. The molecule has 3 rings (SSSR count). The van der Waals surface area contributed by atoms with Crippen molar-refractivity contribution in [2.24, 2.45) is 0 Å². The zero-order valence-electron chi connectivity index (χ0n) is 12.5. The number of fused-ring (bicyclic) bond motifs is 3. The Morgan fingerprint density at radius 1 is 0.333 bits per heavy atom. The summed E-state index contributed by atoms with van der Waals surface area (Å²) in [6.45, 7) is 0. The number of phenolic OH excluding ortho intramolecular Hbond substituents is 2. The number of hydrogen-bond acceptors (Lipinski definition) is 10. The van der Waals surface area contributed by atoms with E-state index in [0.29, 0.717) is 0 Å². The molecule has 0 atom stereocenters. The van der Waals surface area contributed by atoms with E-state index in [1.165, 1.54) is 0 Å². The molecule has 10 nitrogen and oxygen atoms in total. The molecule has 0 fully saturated rings. The average molecular weight is 330 g/mol. The van der Waals surface area contributed by atoms with Gasteiger partial charge in [0.2, 0.25) is 0 Å². The Bertz CT molecular complexity index is 976. The van der Waals surface area contributed by atoms with E-state index in [1.54, 1.807) is 0 Å². The summed E-state index contributed by atoms with van der Waals surface area (Å²) in [5.41, 5.74) is 47.3. The highest BCUT2D eigenvalue weighted by Gasteiger charge is 2.26. The van der Waals surface area contributed by atoms with Crippen molar-refractivity contribution in [2.75, 3.05) is 45.9 Å². The minimum Gasteiger partial charge on any atom is -0.504 e. The van der Waals surface area contributed by atoms with Crippen molar-refractivity contribution in [1.82, 2.24) is 0 Å². The summed E-state index contributed by atoms with van der Waals surface area (Å²) in [5.74, 6) is -1.13. The molecule has 0 bridgehead atoms.